The molecule has 0 saturated carbocycles. The summed E-state index contributed by atoms with van der Waals surface area (Å²) in [6, 6.07) is 22.6. The summed E-state index contributed by atoms with van der Waals surface area (Å²) in [4.78, 5) is 2.09. The summed E-state index contributed by atoms with van der Waals surface area (Å²) in [5, 5.41) is 19.8. The third kappa shape index (κ3) is 3.55. The molecule has 0 radical (unpaired) electrons. The molecule has 6 heteroatoms. The molecule has 2 N–H and O–H groups in total. The molecular weight excluding hydrogens is 418 g/mol. The van der Waals surface area contributed by atoms with Gasteiger partial charge in [-0.25, -0.2) is 0 Å². The number of methoxy groups -OCH3 is 2. The zero-order valence-electron chi connectivity index (χ0n) is 18.5. The van der Waals surface area contributed by atoms with Crippen molar-refractivity contribution in [2.75, 3.05) is 26.2 Å². The summed E-state index contributed by atoms with van der Waals surface area (Å²) in [7, 11) is 5.07. The van der Waals surface area contributed by atoms with Gasteiger partial charge in [-0.1, -0.05) is 24.3 Å². The van der Waals surface area contributed by atoms with E-state index in [0.29, 0.717) is 11.5 Å². The van der Waals surface area contributed by atoms with E-state index in [1.54, 1.807) is 12.1 Å². The SMILES string of the molecule is COc1cc(-c2ccc3c(c2)N(C)c2cc(-c4ccc(O)c(OC)c4)ccc2O3)ccc1O. The minimum atomic E-state index is 0.104. The zero-order valence-corrected chi connectivity index (χ0v) is 18.5. The van der Waals surface area contributed by atoms with Gasteiger partial charge in [-0.05, 0) is 70.8 Å². The highest BCUT2D eigenvalue weighted by Crippen LogP contribution is 2.48. The van der Waals surface area contributed by atoms with Gasteiger partial charge in [0.1, 0.15) is 0 Å². The third-order valence-electron chi connectivity index (χ3n) is 5.89. The van der Waals surface area contributed by atoms with E-state index >= 15 is 0 Å². The Hall–Kier alpha value is -4.32. The molecule has 1 aliphatic heterocycles. The van der Waals surface area contributed by atoms with Gasteiger partial charge in [0.05, 0.1) is 25.6 Å². The Labute approximate surface area is 191 Å². The first-order valence-corrected chi connectivity index (χ1v) is 10.4. The average molecular weight is 441 g/mol. The Morgan fingerprint density at radius 2 is 1.00 bits per heavy atom. The number of benzene rings is 4. The van der Waals surface area contributed by atoms with Crippen LogP contribution in [0.1, 0.15) is 0 Å². The fraction of sp³-hybridized carbons (Fsp3) is 0.111. The van der Waals surface area contributed by atoms with Crippen molar-refractivity contribution in [3.05, 3.63) is 72.8 Å². The molecule has 1 aliphatic rings. The molecule has 6 nitrogen and oxygen atoms in total. The standard InChI is InChI=1S/C27H23NO5/c1-28-20-12-16(18-4-8-22(29)26(14-18)31-2)6-10-24(20)33-25-11-7-17(13-21(25)28)19-5-9-23(30)27(15-19)32-3/h4-15,29-30H,1-3H3. The second kappa shape index (κ2) is 7.98. The van der Waals surface area contributed by atoms with Crippen LogP contribution in [0.5, 0.6) is 34.5 Å². The number of aromatic hydroxyl groups is 2. The summed E-state index contributed by atoms with van der Waals surface area (Å²) >= 11 is 0. The van der Waals surface area contributed by atoms with E-state index in [4.69, 9.17) is 14.2 Å². The predicted octanol–water partition coefficient (Wildman–Crippen LogP) is 6.32. The Kier molecular flexibility index (Phi) is 4.98. The van der Waals surface area contributed by atoms with Crippen molar-refractivity contribution < 1.29 is 24.4 Å². The van der Waals surface area contributed by atoms with Gasteiger partial charge >= 0.3 is 0 Å². The molecule has 0 spiro atoms. The van der Waals surface area contributed by atoms with Crippen molar-refractivity contribution >= 4 is 11.4 Å². The van der Waals surface area contributed by atoms with Crippen molar-refractivity contribution in [1.29, 1.82) is 0 Å². The number of ether oxygens (including phenoxy) is 3. The maximum absolute atomic E-state index is 9.92. The molecule has 166 valence electrons. The van der Waals surface area contributed by atoms with E-state index in [1.165, 1.54) is 14.2 Å². The summed E-state index contributed by atoms with van der Waals surface area (Å²) in [6.45, 7) is 0. The van der Waals surface area contributed by atoms with Crippen molar-refractivity contribution in [2.45, 2.75) is 0 Å². The summed E-state index contributed by atoms with van der Waals surface area (Å²) in [6.07, 6.45) is 0. The molecule has 4 aromatic carbocycles. The first kappa shape index (κ1) is 20.6. The van der Waals surface area contributed by atoms with Gasteiger partial charge in [-0.3, -0.25) is 0 Å². The maximum atomic E-state index is 9.92. The second-order valence-corrected chi connectivity index (χ2v) is 7.80. The van der Waals surface area contributed by atoms with Crippen molar-refractivity contribution in [2.24, 2.45) is 0 Å². The Morgan fingerprint density at radius 1 is 0.606 bits per heavy atom. The molecule has 0 fully saturated rings. The van der Waals surface area contributed by atoms with Crippen LogP contribution < -0.4 is 19.1 Å². The molecule has 1 heterocycles. The molecular formula is C27H23NO5. The predicted molar refractivity (Wildman–Crippen MR) is 128 cm³/mol. The van der Waals surface area contributed by atoms with Crippen molar-refractivity contribution in [3.8, 4) is 56.8 Å². The largest absolute Gasteiger partial charge is 0.504 e. The van der Waals surface area contributed by atoms with E-state index in [-0.39, 0.29) is 11.5 Å². The van der Waals surface area contributed by atoms with Crippen molar-refractivity contribution in [3.63, 3.8) is 0 Å². The van der Waals surface area contributed by atoms with E-state index in [0.717, 1.165) is 45.1 Å². The van der Waals surface area contributed by atoms with Gasteiger partial charge in [0.25, 0.3) is 0 Å². The Bertz CT molecular complexity index is 1260. The normalized spacial score (nSPS) is 11.9. The molecule has 4 aromatic rings. The molecule has 0 aromatic heterocycles. The van der Waals surface area contributed by atoms with E-state index in [2.05, 4.69) is 17.0 Å². The van der Waals surface area contributed by atoms with E-state index in [1.807, 2.05) is 55.6 Å². The molecule has 0 atom stereocenters. The first-order valence-electron chi connectivity index (χ1n) is 10.4. The van der Waals surface area contributed by atoms with Crippen LogP contribution in [0.15, 0.2) is 72.8 Å². The highest BCUT2D eigenvalue weighted by Gasteiger charge is 2.23. The van der Waals surface area contributed by atoms with Crippen LogP contribution in [0.2, 0.25) is 0 Å². The number of phenolic OH excluding ortho intramolecular Hbond substituents is 2. The Morgan fingerprint density at radius 3 is 1.42 bits per heavy atom. The average Bonchev–Trinajstić information content (AvgIpc) is 2.84. The van der Waals surface area contributed by atoms with Crippen LogP contribution >= 0.6 is 0 Å². The topological polar surface area (TPSA) is 71.4 Å². The Balaban J connectivity index is 1.53. The number of hydrogen-bond donors (Lipinski definition) is 2. The van der Waals surface area contributed by atoms with Gasteiger partial charge in [0.15, 0.2) is 34.5 Å². The highest BCUT2D eigenvalue weighted by atomic mass is 16.5. The second-order valence-electron chi connectivity index (χ2n) is 7.80. The summed E-state index contributed by atoms with van der Waals surface area (Å²) in [5.41, 5.74) is 5.66. The molecule has 33 heavy (non-hydrogen) atoms. The lowest BCUT2D eigenvalue weighted by molar-refractivity contribution is 0.373. The third-order valence-corrected chi connectivity index (χ3v) is 5.89. The van der Waals surface area contributed by atoms with E-state index in [9.17, 15) is 10.2 Å². The molecule has 0 saturated heterocycles. The lowest BCUT2D eigenvalue weighted by Crippen LogP contribution is -2.15. The maximum Gasteiger partial charge on any atom is 0.161 e. The van der Waals surface area contributed by atoms with Crippen LogP contribution in [0.4, 0.5) is 11.4 Å². The van der Waals surface area contributed by atoms with Gasteiger partial charge < -0.3 is 29.3 Å². The fourth-order valence-electron chi connectivity index (χ4n) is 4.05. The minimum absolute atomic E-state index is 0.104. The highest BCUT2D eigenvalue weighted by molar-refractivity contribution is 5.84. The van der Waals surface area contributed by atoms with Crippen LogP contribution in [-0.2, 0) is 0 Å². The van der Waals surface area contributed by atoms with Gasteiger partial charge in [-0.2, -0.15) is 0 Å². The molecule has 0 amide bonds. The minimum Gasteiger partial charge on any atom is -0.504 e. The first-order chi connectivity index (χ1) is 16.0. The fourth-order valence-corrected chi connectivity index (χ4v) is 4.05. The van der Waals surface area contributed by atoms with Crippen LogP contribution in [0, 0.1) is 0 Å². The molecule has 0 bridgehead atoms. The number of rotatable bonds is 4. The number of hydrogen-bond acceptors (Lipinski definition) is 6. The van der Waals surface area contributed by atoms with Crippen LogP contribution in [0.25, 0.3) is 22.3 Å². The van der Waals surface area contributed by atoms with Gasteiger partial charge in [0, 0.05) is 7.05 Å². The number of phenols is 2. The van der Waals surface area contributed by atoms with Gasteiger partial charge in [-0.15, -0.1) is 0 Å². The summed E-state index contributed by atoms with van der Waals surface area (Å²) < 4.78 is 16.7. The number of anilines is 2. The number of nitrogens with zero attached hydrogens (tertiary/aromatic N) is 1. The van der Waals surface area contributed by atoms with Crippen LogP contribution in [-0.4, -0.2) is 31.5 Å². The monoisotopic (exact) mass is 441 g/mol. The van der Waals surface area contributed by atoms with Crippen LogP contribution in [0.3, 0.4) is 0 Å². The quantitative estimate of drug-likeness (QED) is 0.386. The van der Waals surface area contributed by atoms with Crippen molar-refractivity contribution in [1.82, 2.24) is 0 Å². The lowest BCUT2D eigenvalue weighted by Gasteiger charge is -2.30. The van der Waals surface area contributed by atoms with E-state index < -0.39 is 0 Å². The van der Waals surface area contributed by atoms with Gasteiger partial charge in [0.2, 0.25) is 0 Å². The molecule has 5 rings (SSSR count). The molecule has 0 unspecified atom stereocenters. The summed E-state index contributed by atoms with van der Waals surface area (Å²) in [5.74, 6) is 2.58. The smallest absolute Gasteiger partial charge is 0.161 e. The molecule has 0 aliphatic carbocycles. The lowest BCUT2D eigenvalue weighted by atomic mass is 10.0. The zero-order chi connectivity index (χ0) is 23.1. The number of fused-ring (bicyclic) bond motifs is 2.